The maximum atomic E-state index is 8.56. The van der Waals surface area contributed by atoms with Gasteiger partial charge < -0.3 is 5.11 Å². The van der Waals surface area contributed by atoms with Crippen LogP contribution >= 0.6 is 0 Å². The van der Waals surface area contributed by atoms with Gasteiger partial charge in [0, 0.05) is 0 Å². The molecule has 3 heteroatoms. The van der Waals surface area contributed by atoms with Gasteiger partial charge in [-0.05, 0) is 21.0 Å². The zero-order valence-corrected chi connectivity index (χ0v) is 10.7. The second kappa shape index (κ2) is 4.99. The van der Waals surface area contributed by atoms with Gasteiger partial charge in [-0.15, -0.1) is 0 Å². The molecule has 0 fully saturated rings. The van der Waals surface area contributed by atoms with Crippen molar-refractivity contribution in [3.8, 4) is 0 Å². The van der Waals surface area contributed by atoms with Crippen LogP contribution in [0.25, 0.3) is 0 Å². The fraction of sp³-hybridized carbons (Fsp3) is 1.00. The molecule has 0 heterocycles. The van der Waals surface area contributed by atoms with E-state index in [2.05, 4.69) is 0 Å². The molecule has 1 unspecified atom stereocenters. The molecule has 0 aliphatic carbocycles. The number of hydrogen-bond donors (Lipinski definition) is 1. The van der Waals surface area contributed by atoms with Gasteiger partial charge in [0.15, 0.2) is 0 Å². The molecule has 0 aromatic heterocycles. The van der Waals surface area contributed by atoms with E-state index < -0.39 is 0 Å². The first-order valence-electron chi connectivity index (χ1n) is 1.99. The Hall–Kier alpha value is 0.842. The van der Waals surface area contributed by atoms with Crippen LogP contribution in [0.1, 0.15) is 6.92 Å². The summed E-state index contributed by atoms with van der Waals surface area (Å²) in [5.74, 6) is 0. The summed E-state index contributed by atoms with van der Waals surface area (Å²) in [7, 11) is 3.65. The molecule has 0 bridgehead atoms. The summed E-state index contributed by atoms with van der Waals surface area (Å²) in [5.41, 5.74) is 0. The van der Waals surface area contributed by atoms with Crippen molar-refractivity contribution in [2.75, 3.05) is 14.1 Å². The van der Waals surface area contributed by atoms with Gasteiger partial charge in [0.25, 0.3) is 0 Å². The number of hydrogen-bond acceptors (Lipinski definition) is 2. The Morgan fingerprint density at radius 2 is 1.57 bits per heavy atom. The Labute approximate surface area is 64.7 Å². The first-order valence-corrected chi connectivity index (χ1v) is 1.99. The molecule has 7 heavy (non-hydrogen) atoms. The Morgan fingerprint density at radius 3 is 1.57 bits per heavy atom. The third kappa shape index (κ3) is 6.84. The molecule has 0 saturated heterocycles. The number of rotatable bonds is 1. The predicted molar refractivity (Wildman–Crippen MR) is 33.9 cm³/mol. The van der Waals surface area contributed by atoms with E-state index in [4.69, 9.17) is 5.11 Å². The van der Waals surface area contributed by atoms with Crippen LogP contribution in [0.4, 0.5) is 0 Å². The molecule has 0 aromatic carbocycles. The number of aliphatic hydroxyl groups excluding tert-OH is 1. The maximum absolute atomic E-state index is 8.56. The molecule has 44 valence electrons. The summed E-state index contributed by atoms with van der Waals surface area (Å²) in [4.78, 5) is 1.72. The molecule has 0 spiro atoms. The SMILES string of the molecule is CC(O)N(C)C.[PbH2]. The molecule has 0 aliphatic rings. The van der Waals surface area contributed by atoms with E-state index >= 15 is 0 Å². The van der Waals surface area contributed by atoms with E-state index in [0.29, 0.717) is 0 Å². The summed E-state index contributed by atoms with van der Waals surface area (Å²) in [6.45, 7) is 1.72. The minimum atomic E-state index is -0.315. The molecular weight excluding hydrogens is 285 g/mol. The minimum absolute atomic E-state index is 0. The Kier molecular flexibility index (Phi) is 7.67. The van der Waals surface area contributed by atoms with E-state index in [9.17, 15) is 0 Å². The predicted octanol–water partition coefficient (Wildman–Crippen LogP) is -1.03. The molecule has 1 N–H and O–H groups in total. The van der Waals surface area contributed by atoms with Gasteiger partial charge in [0.05, 0.1) is 0 Å². The summed E-state index contributed by atoms with van der Waals surface area (Å²) in [6, 6.07) is 0. The fourth-order valence-corrected chi connectivity index (χ4v) is 0. The quantitative estimate of drug-likeness (QED) is 0.494. The van der Waals surface area contributed by atoms with Crippen LogP contribution in [-0.2, 0) is 0 Å². The summed E-state index contributed by atoms with van der Waals surface area (Å²) in [5, 5.41) is 8.56. The average Bonchev–Trinajstić information content (AvgIpc) is 1.36. The molecule has 2 nitrogen and oxygen atoms in total. The van der Waals surface area contributed by atoms with Crippen molar-refractivity contribution in [2.45, 2.75) is 13.2 Å². The van der Waals surface area contributed by atoms with Crippen molar-refractivity contribution >= 4 is 27.3 Å². The standard InChI is InChI=1S/C4H11NO.Pb.2H/c1-4(6)5(2)3;;;/h4,6H,1-3H3;;;. The van der Waals surface area contributed by atoms with Crippen LogP contribution in [0.3, 0.4) is 0 Å². The fourth-order valence-electron chi connectivity index (χ4n) is 0. The van der Waals surface area contributed by atoms with E-state index in [1.807, 2.05) is 14.1 Å². The Morgan fingerprint density at radius 1 is 1.43 bits per heavy atom. The Bertz CT molecular complexity index is 32.7. The van der Waals surface area contributed by atoms with Crippen LogP contribution in [0.15, 0.2) is 0 Å². The monoisotopic (exact) mass is 299 g/mol. The van der Waals surface area contributed by atoms with Crippen LogP contribution < -0.4 is 0 Å². The third-order valence-electron chi connectivity index (χ3n) is 0.747. The van der Waals surface area contributed by atoms with Crippen molar-refractivity contribution in [1.29, 1.82) is 0 Å². The van der Waals surface area contributed by atoms with E-state index in [1.54, 1.807) is 11.8 Å². The van der Waals surface area contributed by atoms with Gasteiger partial charge in [-0.1, -0.05) is 0 Å². The topological polar surface area (TPSA) is 23.5 Å². The van der Waals surface area contributed by atoms with Crippen molar-refractivity contribution in [3.63, 3.8) is 0 Å². The zero-order valence-electron chi connectivity index (χ0n) is 5.18. The summed E-state index contributed by atoms with van der Waals surface area (Å²) in [6.07, 6.45) is -0.315. The zero-order chi connectivity index (χ0) is 5.15. The molecule has 0 saturated carbocycles. The molecule has 0 aliphatic heterocycles. The van der Waals surface area contributed by atoms with Crippen molar-refractivity contribution < 1.29 is 5.11 Å². The second-order valence-corrected chi connectivity index (χ2v) is 1.60. The summed E-state index contributed by atoms with van der Waals surface area (Å²) >= 11 is 0. The normalized spacial score (nSPS) is 13.3. The van der Waals surface area contributed by atoms with Crippen LogP contribution in [0.2, 0.25) is 0 Å². The number of aliphatic hydroxyl groups is 1. The van der Waals surface area contributed by atoms with Crippen molar-refractivity contribution in [3.05, 3.63) is 0 Å². The van der Waals surface area contributed by atoms with Gasteiger partial charge in [0.2, 0.25) is 0 Å². The van der Waals surface area contributed by atoms with Gasteiger partial charge in [-0.25, -0.2) is 0 Å². The molecular formula is C4H13NOPb. The third-order valence-corrected chi connectivity index (χ3v) is 0.747. The molecule has 0 amide bonds. The first kappa shape index (κ1) is 10.8. The molecule has 0 aromatic rings. The van der Waals surface area contributed by atoms with E-state index in [-0.39, 0.29) is 33.5 Å². The van der Waals surface area contributed by atoms with Crippen LogP contribution in [-0.4, -0.2) is 57.6 Å². The molecule has 2 radical (unpaired) electrons. The molecule has 1 atom stereocenters. The van der Waals surface area contributed by atoms with Gasteiger partial charge >= 0.3 is 27.3 Å². The second-order valence-electron chi connectivity index (χ2n) is 1.60. The van der Waals surface area contributed by atoms with Crippen molar-refractivity contribution in [1.82, 2.24) is 4.90 Å². The Balaban J connectivity index is 0. The van der Waals surface area contributed by atoms with Crippen LogP contribution in [0.5, 0.6) is 0 Å². The van der Waals surface area contributed by atoms with Gasteiger partial charge in [-0.3, -0.25) is 4.90 Å². The van der Waals surface area contributed by atoms with E-state index in [1.165, 1.54) is 0 Å². The number of nitrogens with zero attached hydrogens (tertiary/aromatic N) is 1. The van der Waals surface area contributed by atoms with Crippen molar-refractivity contribution in [2.24, 2.45) is 0 Å². The first-order chi connectivity index (χ1) is 2.64. The average molecular weight is 298 g/mol. The summed E-state index contributed by atoms with van der Waals surface area (Å²) < 4.78 is 0. The van der Waals surface area contributed by atoms with E-state index in [0.717, 1.165) is 0 Å². The van der Waals surface area contributed by atoms with Crippen LogP contribution in [0, 0.1) is 0 Å². The molecule has 0 rings (SSSR count). The van der Waals surface area contributed by atoms with Gasteiger partial charge in [0.1, 0.15) is 6.23 Å². The van der Waals surface area contributed by atoms with Gasteiger partial charge in [-0.2, -0.15) is 0 Å².